The van der Waals surface area contributed by atoms with E-state index in [1.807, 2.05) is 0 Å². The molecule has 3 nitrogen and oxygen atoms in total. The smallest absolute Gasteiger partial charge is 0.125 e. The van der Waals surface area contributed by atoms with Crippen LogP contribution < -0.4 is 0 Å². The van der Waals surface area contributed by atoms with Crippen LogP contribution in [-0.4, -0.2) is 15.2 Å². The van der Waals surface area contributed by atoms with Crippen molar-refractivity contribution < 1.29 is 4.39 Å². The predicted octanol–water partition coefficient (Wildman–Crippen LogP) is 4.16. The first-order valence-electron chi connectivity index (χ1n) is 6.44. The molecule has 0 bridgehead atoms. The third kappa shape index (κ3) is 1.61. The standard InChI is InChI=1S/C16H12FN3/c1-9-2-3-10-7-15(18-13(10)6-9)16-12-5-4-11(17)8-14(12)19-20-16/h2-8,18H,1H3,(H,19,20). The van der Waals surface area contributed by atoms with E-state index in [0.717, 1.165) is 27.7 Å². The van der Waals surface area contributed by atoms with Gasteiger partial charge in [-0.05, 0) is 42.8 Å². The molecule has 98 valence electrons. The average molecular weight is 265 g/mol. The Morgan fingerprint density at radius 1 is 1.00 bits per heavy atom. The highest BCUT2D eigenvalue weighted by Gasteiger charge is 2.11. The van der Waals surface area contributed by atoms with Crippen molar-refractivity contribution in [3.63, 3.8) is 0 Å². The summed E-state index contributed by atoms with van der Waals surface area (Å²) in [5.41, 5.74) is 4.74. The van der Waals surface area contributed by atoms with Crippen LogP contribution in [0.4, 0.5) is 4.39 Å². The molecule has 0 saturated carbocycles. The molecule has 2 aromatic carbocycles. The van der Waals surface area contributed by atoms with Gasteiger partial charge in [0.05, 0.1) is 11.2 Å². The number of aromatic amines is 2. The number of nitrogens with one attached hydrogen (secondary N) is 2. The summed E-state index contributed by atoms with van der Waals surface area (Å²) in [5.74, 6) is -0.264. The molecule has 4 heteroatoms. The van der Waals surface area contributed by atoms with Crippen LogP contribution in [0.15, 0.2) is 42.5 Å². The number of fused-ring (bicyclic) bond motifs is 2. The van der Waals surface area contributed by atoms with Crippen LogP contribution in [-0.2, 0) is 0 Å². The first-order chi connectivity index (χ1) is 9.70. The number of nitrogens with zero attached hydrogens (tertiary/aromatic N) is 1. The summed E-state index contributed by atoms with van der Waals surface area (Å²) in [6, 6.07) is 13.0. The summed E-state index contributed by atoms with van der Waals surface area (Å²) in [5, 5.41) is 9.23. The zero-order chi connectivity index (χ0) is 13.7. The zero-order valence-electron chi connectivity index (χ0n) is 10.9. The molecular weight excluding hydrogens is 253 g/mol. The average Bonchev–Trinajstić information content (AvgIpc) is 3.00. The highest BCUT2D eigenvalue weighted by atomic mass is 19.1. The van der Waals surface area contributed by atoms with Crippen molar-refractivity contribution in [1.82, 2.24) is 15.2 Å². The van der Waals surface area contributed by atoms with Crippen LogP contribution >= 0.6 is 0 Å². The van der Waals surface area contributed by atoms with E-state index in [4.69, 9.17) is 0 Å². The van der Waals surface area contributed by atoms with Gasteiger partial charge in [-0.1, -0.05) is 12.1 Å². The Morgan fingerprint density at radius 2 is 1.90 bits per heavy atom. The molecule has 0 radical (unpaired) electrons. The Balaban J connectivity index is 1.96. The van der Waals surface area contributed by atoms with Crippen molar-refractivity contribution in [3.8, 4) is 11.4 Å². The molecule has 2 aromatic heterocycles. The van der Waals surface area contributed by atoms with E-state index in [0.29, 0.717) is 5.52 Å². The van der Waals surface area contributed by atoms with E-state index in [2.05, 4.69) is 46.4 Å². The van der Waals surface area contributed by atoms with Gasteiger partial charge in [0.15, 0.2) is 0 Å². The number of benzene rings is 2. The van der Waals surface area contributed by atoms with E-state index in [-0.39, 0.29) is 5.82 Å². The zero-order valence-corrected chi connectivity index (χ0v) is 10.9. The molecule has 2 heterocycles. The number of H-pyrrole nitrogens is 2. The predicted molar refractivity (Wildman–Crippen MR) is 78.1 cm³/mol. The Morgan fingerprint density at radius 3 is 2.80 bits per heavy atom. The molecule has 0 aliphatic heterocycles. The van der Waals surface area contributed by atoms with Gasteiger partial charge in [-0.3, -0.25) is 5.10 Å². The van der Waals surface area contributed by atoms with E-state index in [1.54, 1.807) is 6.07 Å². The van der Waals surface area contributed by atoms with Gasteiger partial charge in [0.2, 0.25) is 0 Å². The van der Waals surface area contributed by atoms with E-state index < -0.39 is 0 Å². The Bertz CT molecular complexity index is 933. The second-order valence-corrected chi connectivity index (χ2v) is 5.04. The minimum Gasteiger partial charge on any atom is -0.353 e. The lowest BCUT2D eigenvalue weighted by atomic mass is 10.1. The number of hydrogen-bond donors (Lipinski definition) is 2. The van der Waals surface area contributed by atoms with E-state index in [1.165, 1.54) is 17.7 Å². The number of rotatable bonds is 1. The first kappa shape index (κ1) is 11.2. The summed E-state index contributed by atoms with van der Waals surface area (Å²) in [4.78, 5) is 3.37. The third-order valence-corrected chi connectivity index (χ3v) is 3.56. The van der Waals surface area contributed by atoms with Crippen molar-refractivity contribution in [2.24, 2.45) is 0 Å². The monoisotopic (exact) mass is 265 g/mol. The Labute approximate surface area is 114 Å². The molecule has 0 unspecified atom stereocenters. The Hall–Kier alpha value is -2.62. The number of hydrogen-bond acceptors (Lipinski definition) is 1. The van der Waals surface area contributed by atoms with Gasteiger partial charge in [-0.2, -0.15) is 5.10 Å². The maximum atomic E-state index is 13.2. The second kappa shape index (κ2) is 3.93. The number of aromatic nitrogens is 3. The molecule has 0 spiro atoms. The van der Waals surface area contributed by atoms with Gasteiger partial charge < -0.3 is 4.98 Å². The quantitative estimate of drug-likeness (QED) is 0.533. The fourth-order valence-electron chi connectivity index (χ4n) is 2.57. The van der Waals surface area contributed by atoms with Gasteiger partial charge in [-0.25, -0.2) is 4.39 Å². The van der Waals surface area contributed by atoms with Crippen molar-refractivity contribution in [2.75, 3.05) is 0 Å². The summed E-state index contributed by atoms with van der Waals surface area (Å²) in [7, 11) is 0. The van der Waals surface area contributed by atoms with Crippen LogP contribution in [0.5, 0.6) is 0 Å². The molecule has 2 N–H and O–H groups in total. The van der Waals surface area contributed by atoms with Crippen molar-refractivity contribution in [3.05, 3.63) is 53.8 Å². The maximum Gasteiger partial charge on any atom is 0.125 e. The molecule has 20 heavy (non-hydrogen) atoms. The molecule has 0 fully saturated rings. The molecule has 4 rings (SSSR count). The summed E-state index contributed by atoms with van der Waals surface area (Å²) < 4.78 is 13.2. The molecule has 4 aromatic rings. The molecule has 0 saturated heterocycles. The van der Waals surface area contributed by atoms with Gasteiger partial charge in [0.1, 0.15) is 11.5 Å². The third-order valence-electron chi connectivity index (χ3n) is 3.56. The molecule has 0 aliphatic carbocycles. The first-order valence-corrected chi connectivity index (χ1v) is 6.44. The molecular formula is C16H12FN3. The van der Waals surface area contributed by atoms with Crippen molar-refractivity contribution in [1.29, 1.82) is 0 Å². The molecule has 0 aliphatic rings. The fraction of sp³-hybridized carbons (Fsp3) is 0.0625. The minimum atomic E-state index is -0.264. The van der Waals surface area contributed by atoms with Gasteiger partial charge in [0, 0.05) is 16.3 Å². The van der Waals surface area contributed by atoms with Crippen LogP contribution in [0, 0.1) is 12.7 Å². The van der Waals surface area contributed by atoms with Gasteiger partial charge >= 0.3 is 0 Å². The van der Waals surface area contributed by atoms with Crippen LogP contribution in [0.1, 0.15) is 5.56 Å². The Kier molecular flexibility index (Phi) is 2.21. The SMILES string of the molecule is Cc1ccc2cc(-c3n[nH]c4cc(F)ccc34)[nH]c2c1. The van der Waals surface area contributed by atoms with Crippen molar-refractivity contribution in [2.45, 2.75) is 6.92 Å². The molecule has 0 amide bonds. The highest BCUT2D eigenvalue weighted by Crippen LogP contribution is 2.29. The van der Waals surface area contributed by atoms with Crippen LogP contribution in [0.25, 0.3) is 33.2 Å². The lowest BCUT2D eigenvalue weighted by Crippen LogP contribution is -1.78. The second-order valence-electron chi connectivity index (χ2n) is 5.04. The van der Waals surface area contributed by atoms with Crippen molar-refractivity contribution >= 4 is 21.8 Å². The summed E-state index contributed by atoms with van der Waals surface area (Å²) in [6.07, 6.45) is 0. The van der Waals surface area contributed by atoms with Gasteiger partial charge in [0.25, 0.3) is 0 Å². The van der Waals surface area contributed by atoms with E-state index in [9.17, 15) is 4.39 Å². The summed E-state index contributed by atoms with van der Waals surface area (Å²) >= 11 is 0. The number of halogens is 1. The molecule has 0 atom stereocenters. The minimum absolute atomic E-state index is 0.264. The largest absolute Gasteiger partial charge is 0.353 e. The fourth-order valence-corrected chi connectivity index (χ4v) is 2.57. The normalized spacial score (nSPS) is 11.5. The number of aryl methyl sites for hydroxylation is 1. The lowest BCUT2D eigenvalue weighted by molar-refractivity contribution is 0.629. The topological polar surface area (TPSA) is 44.5 Å². The highest BCUT2D eigenvalue weighted by molar-refractivity contribution is 5.95. The van der Waals surface area contributed by atoms with E-state index >= 15 is 0 Å². The maximum absolute atomic E-state index is 13.2. The van der Waals surface area contributed by atoms with Gasteiger partial charge in [-0.15, -0.1) is 0 Å². The lowest BCUT2D eigenvalue weighted by Gasteiger charge is -1.94. The summed E-state index contributed by atoms with van der Waals surface area (Å²) in [6.45, 7) is 2.06. The van der Waals surface area contributed by atoms with Crippen LogP contribution in [0.2, 0.25) is 0 Å². The van der Waals surface area contributed by atoms with Crippen LogP contribution in [0.3, 0.4) is 0 Å².